The fourth-order valence-corrected chi connectivity index (χ4v) is 2.63. The zero-order chi connectivity index (χ0) is 11.8. The Bertz CT molecular complexity index is 382. The van der Waals surface area contributed by atoms with Crippen molar-refractivity contribution >= 4 is 23.3 Å². The number of rotatable bonds is 5. The van der Waals surface area contributed by atoms with Gasteiger partial charge in [0.2, 0.25) is 0 Å². The highest BCUT2D eigenvalue weighted by Crippen LogP contribution is 2.47. The van der Waals surface area contributed by atoms with Crippen LogP contribution in [0.3, 0.4) is 0 Å². The first-order valence-electron chi connectivity index (χ1n) is 5.72. The van der Waals surface area contributed by atoms with Crippen molar-refractivity contribution in [1.29, 1.82) is 0 Å². The molecule has 0 saturated heterocycles. The van der Waals surface area contributed by atoms with Crippen LogP contribution in [-0.4, -0.2) is 27.3 Å². The van der Waals surface area contributed by atoms with E-state index in [0.717, 1.165) is 30.2 Å². The minimum absolute atomic E-state index is 0.448. The fraction of sp³-hybridized carbons (Fsp3) is 0.727. The molecule has 1 heterocycles. The van der Waals surface area contributed by atoms with Crippen LogP contribution in [0.5, 0.6) is 0 Å². The summed E-state index contributed by atoms with van der Waals surface area (Å²) >= 11 is 1.95. The Morgan fingerprint density at radius 1 is 1.56 bits per heavy atom. The second kappa shape index (κ2) is 4.20. The minimum atomic E-state index is 0.448. The number of hydrogen-bond donors (Lipinski definition) is 2. The SMILES string of the molecule is CCc1nn(C)c(NCC2(SC)CC2)c1N. The molecule has 5 heteroatoms. The van der Waals surface area contributed by atoms with Crippen molar-refractivity contribution in [2.24, 2.45) is 7.05 Å². The van der Waals surface area contributed by atoms with E-state index in [0.29, 0.717) is 4.75 Å². The van der Waals surface area contributed by atoms with E-state index in [1.807, 2.05) is 23.5 Å². The third-order valence-corrected chi connectivity index (χ3v) is 4.73. The molecule has 0 amide bonds. The van der Waals surface area contributed by atoms with E-state index >= 15 is 0 Å². The molecule has 2 rings (SSSR count). The normalized spacial score (nSPS) is 17.4. The highest BCUT2D eigenvalue weighted by Gasteiger charge is 2.41. The van der Waals surface area contributed by atoms with Gasteiger partial charge in [-0.25, -0.2) is 0 Å². The number of hydrogen-bond acceptors (Lipinski definition) is 4. The summed E-state index contributed by atoms with van der Waals surface area (Å²) in [5.74, 6) is 0.970. The van der Waals surface area contributed by atoms with Crippen LogP contribution >= 0.6 is 11.8 Å². The number of nitrogens with two attached hydrogens (primary N) is 1. The molecule has 16 heavy (non-hydrogen) atoms. The van der Waals surface area contributed by atoms with Gasteiger partial charge >= 0.3 is 0 Å². The van der Waals surface area contributed by atoms with Crippen molar-refractivity contribution in [2.75, 3.05) is 23.9 Å². The maximum Gasteiger partial charge on any atom is 0.147 e. The molecule has 1 fully saturated rings. The molecule has 90 valence electrons. The van der Waals surface area contributed by atoms with Gasteiger partial charge in [-0.3, -0.25) is 4.68 Å². The molecule has 0 aliphatic heterocycles. The molecule has 1 saturated carbocycles. The molecule has 0 radical (unpaired) electrons. The van der Waals surface area contributed by atoms with Gasteiger partial charge in [0.1, 0.15) is 5.82 Å². The van der Waals surface area contributed by atoms with Crippen molar-refractivity contribution < 1.29 is 0 Å². The van der Waals surface area contributed by atoms with Gasteiger partial charge in [-0.15, -0.1) is 0 Å². The molecule has 1 aliphatic carbocycles. The van der Waals surface area contributed by atoms with Crippen LogP contribution in [0.15, 0.2) is 0 Å². The maximum absolute atomic E-state index is 6.05. The number of anilines is 2. The summed E-state index contributed by atoms with van der Waals surface area (Å²) in [5.41, 5.74) is 7.85. The first-order chi connectivity index (χ1) is 7.62. The second-order valence-corrected chi connectivity index (χ2v) is 5.70. The molecular weight excluding hydrogens is 220 g/mol. The third-order valence-electron chi connectivity index (χ3n) is 3.31. The lowest BCUT2D eigenvalue weighted by Crippen LogP contribution is -2.19. The van der Waals surface area contributed by atoms with Crippen LogP contribution in [-0.2, 0) is 13.5 Å². The topological polar surface area (TPSA) is 55.9 Å². The highest BCUT2D eigenvalue weighted by molar-refractivity contribution is 8.00. The molecule has 1 aromatic rings. The van der Waals surface area contributed by atoms with E-state index in [4.69, 9.17) is 5.73 Å². The molecule has 1 aliphatic rings. The average Bonchev–Trinajstić information content (AvgIpc) is 3.01. The Morgan fingerprint density at radius 2 is 2.25 bits per heavy atom. The molecule has 3 N–H and O–H groups in total. The van der Waals surface area contributed by atoms with E-state index in [-0.39, 0.29) is 0 Å². The minimum Gasteiger partial charge on any atom is -0.394 e. The van der Waals surface area contributed by atoms with Crippen molar-refractivity contribution in [3.63, 3.8) is 0 Å². The summed E-state index contributed by atoms with van der Waals surface area (Å²) in [5, 5.41) is 7.84. The Hall–Kier alpha value is -0.840. The van der Waals surface area contributed by atoms with E-state index < -0.39 is 0 Å². The summed E-state index contributed by atoms with van der Waals surface area (Å²) in [4.78, 5) is 0. The Labute approximate surface area is 101 Å². The lowest BCUT2D eigenvalue weighted by molar-refractivity contribution is 0.745. The van der Waals surface area contributed by atoms with Gasteiger partial charge in [0.05, 0.1) is 11.4 Å². The van der Waals surface area contributed by atoms with Crippen LogP contribution < -0.4 is 11.1 Å². The van der Waals surface area contributed by atoms with Crippen molar-refractivity contribution in [2.45, 2.75) is 30.9 Å². The molecule has 0 aromatic carbocycles. The summed E-state index contributed by atoms with van der Waals surface area (Å²) in [6.07, 6.45) is 5.67. The monoisotopic (exact) mass is 240 g/mol. The third kappa shape index (κ3) is 2.00. The number of aromatic nitrogens is 2. The molecule has 4 nitrogen and oxygen atoms in total. The summed E-state index contributed by atoms with van der Waals surface area (Å²) in [6, 6.07) is 0. The van der Waals surface area contributed by atoms with Crippen LogP contribution in [0.1, 0.15) is 25.5 Å². The van der Waals surface area contributed by atoms with Crippen LogP contribution in [0.2, 0.25) is 0 Å². The van der Waals surface area contributed by atoms with Crippen LogP contribution in [0.4, 0.5) is 11.5 Å². The van der Waals surface area contributed by atoms with Gasteiger partial charge in [-0.05, 0) is 25.5 Å². The summed E-state index contributed by atoms with van der Waals surface area (Å²) in [6.45, 7) is 3.06. The number of nitrogens with one attached hydrogen (secondary N) is 1. The first-order valence-corrected chi connectivity index (χ1v) is 6.95. The number of nitrogen functional groups attached to an aromatic ring is 1. The zero-order valence-electron chi connectivity index (χ0n) is 10.2. The van der Waals surface area contributed by atoms with Crippen molar-refractivity contribution in [1.82, 2.24) is 9.78 Å². The molecular formula is C11H20N4S. The Kier molecular flexibility index (Phi) is 3.06. The van der Waals surface area contributed by atoms with Gasteiger partial charge in [0, 0.05) is 18.3 Å². The lowest BCUT2D eigenvalue weighted by atomic mass is 10.3. The second-order valence-electron chi connectivity index (χ2n) is 4.43. The van der Waals surface area contributed by atoms with E-state index in [2.05, 4.69) is 23.6 Å². The van der Waals surface area contributed by atoms with Gasteiger partial charge in [-0.1, -0.05) is 6.92 Å². The zero-order valence-corrected chi connectivity index (χ0v) is 11.0. The number of aryl methyl sites for hydroxylation is 2. The number of thioether (sulfide) groups is 1. The number of nitrogens with zero attached hydrogens (tertiary/aromatic N) is 2. The largest absolute Gasteiger partial charge is 0.394 e. The van der Waals surface area contributed by atoms with E-state index in [1.165, 1.54) is 12.8 Å². The predicted molar refractivity (Wildman–Crippen MR) is 71.0 cm³/mol. The first kappa shape index (κ1) is 11.6. The van der Waals surface area contributed by atoms with Gasteiger partial charge in [0.25, 0.3) is 0 Å². The van der Waals surface area contributed by atoms with Gasteiger partial charge in [0.15, 0.2) is 0 Å². The van der Waals surface area contributed by atoms with Gasteiger partial charge < -0.3 is 11.1 Å². The van der Waals surface area contributed by atoms with Crippen LogP contribution in [0.25, 0.3) is 0 Å². The standard InChI is InChI=1S/C11H20N4S/c1-4-8-9(12)10(15(2)14-8)13-7-11(16-3)5-6-11/h13H,4-7,12H2,1-3H3. The Morgan fingerprint density at radius 3 is 2.69 bits per heavy atom. The maximum atomic E-state index is 6.05. The molecule has 1 aromatic heterocycles. The molecule has 0 unspecified atom stereocenters. The average molecular weight is 240 g/mol. The van der Waals surface area contributed by atoms with Crippen molar-refractivity contribution in [3.05, 3.63) is 5.69 Å². The molecule has 0 atom stereocenters. The summed E-state index contributed by atoms with van der Waals surface area (Å²) in [7, 11) is 1.94. The summed E-state index contributed by atoms with van der Waals surface area (Å²) < 4.78 is 2.30. The smallest absolute Gasteiger partial charge is 0.147 e. The molecule has 0 spiro atoms. The quantitative estimate of drug-likeness (QED) is 0.825. The fourth-order valence-electron chi connectivity index (χ4n) is 1.90. The lowest BCUT2D eigenvalue weighted by Gasteiger charge is -2.14. The van der Waals surface area contributed by atoms with Crippen molar-refractivity contribution in [3.8, 4) is 0 Å². The van der Waals surface area contributed by atoms with E-state index in [9.17, 15) is 0 Å². The molecule has 0 bridgehead atoms. The Balaban J connectivity index is 2.06. The van der Waals surface area contributed by atoms with Gasteiger partial charge in [-0.2, -0.15) is 16.9 Å². The highest BCUT2D eigenvalue weighted by atomic mass is 32.2. The van der Waals surface area contributed by atoms with Crippen LogP contribution in [0, 0.1) is 0 Å². The predicted octanol–water partition coefficient (Wildman–Crippen LogP) is 1.87. The van der Waals surface area contributed by atoms with E-state index in [1.54, 1.807) is 0 Å².